The molecule has 3 rings (SSSR count). The lowest BCUT2D eigenvalue weighted by Gasteiger charge is -2.01. The van der Waals surface area contributed by atoms with Gasteiger partial charge in [-0.2, -0.15) is 0 Å². The fourth-order valence-electron chi connectivity index (χ4n) is 2.17. The van der Waals surface area contributed by atoms with E-state index in [1.807, 2.05) is 12.1 Å². The summed E-state index contributed by atoms with van der Waals surface area (Å²) >= 11 is 3.38. The van der Waals surface area contributed by atoms with E-state index >= 15 is 0 Å². The van der Waals surface area contributed by atoms with Gasteiger partial charge in [-0.05, 0) is 58.4 Å². The molecule has 0 aliphatic rings. The van der Waals surface area contributed by atoms with Gasteiger partial charge in [0.25, 0.3) is 0 Å². The van der Waals surface area contributed by atoms with Gasteiger partial charge in [0.05, 0.1) is 11.4 Å². The molecule has 0 amide bonds. The van der Waals surface area contributed by atoms with Crippen molar-refractivity contribution in [3.05, 3.63) is 64.7 Å². The number of rotatable bonds is 3. The number of carboxylic acid groups (broad SMARTS) is 1. The topological polar surface area (TPSA) is 54.6 Å². The Kier molecular flexibility index (Phi) is 3.77. The minimum atomic E-state index is -1.05. The smallest absolute Gasteiger partial charge is 0.328 e. The van der Waals surface area contributed by atoms with E-state index in [9.17, 15) is 9.18 Å². The van der Waals surface area contributed by atoms with E-state index in [2.05, 4.69) is 20.9 Å². The van der Waals surface area contributed by atoms with Crippen molar-refractivity contribution >= 4 is 33.6 Å². The van der Waals surface area contributed by atoms with E-state index in [1.54, 1.807) is 22.7 Å². The summed E-state index contributed by atoms with van der Waals surface area (Å²) in [5.41, 5.74) is 2.60. The average molecular weight is 361 g/mol. The summed E-state index contributed by atoms with van der Waals surface area (Å²) in [6.45, 7) is 0. The predicted molar refractivity (Wildman–Crippen MR) is 85.0 cm³/mol. The fourth-order valence-corrected chi connectivity index (χ4v) is 2.50. The molecule has 2 aromatic heterocycles. The Morgan fingerprint density at radius 1 is 1.23 bits per heavy atom. The van der Waals surface area contributed by atoms with Crippen molar-refractivity contribution in [2.24, 2.45) is 0 Å². The molecule has 1 aromatic carbocycles. The van der Waals surface area contributed by atoms with Crippen LogP contribution in [0.5, 0.6) is 0 Å². The molecule has 0 atom stereocenters. The minimum Gasteiger partial charge on any atom is -0.478 e. The molecular formula is C16H10BrFN2O2. The van der Waals surface area contributed by atoms with Crippen molar-refractivity contribution in [2.75, 3.05) is 0 Å². The van der Waals surface area contributed by atoms with Crippen molar-refractivity contribution in [3.63, 3.8) is 0 Å². The van der Waals surface area contributed by atoms with Crippen molar-refractivity contribution in [1.82, 2.24) is 9.38 Å². The highest BCUT2D eigenvalue weighted by atomic mass is 79.9. The highest BCUT2D eigenvalue weighted by molar-refractivity contribution is 9.10. The summed E-state index contributed by atoms with van der Waals surface area (Å²) in [5.74, 6) is -1.38. The second kappa shape index (κ2) is 5.73. The van der Waals surface area contributed by atoms with Crippen LogP contribution in [0.1, 0.15) is 5.69 Å². The largest absolute Gasteiger partial charge is 0.478 e. The third-order valence-corrected chi connectivity index (χ3v) is 3.59. The number of halogens is 2. The van der Waals surface area contributed by atoms with Crippen molar-refractivity contribution in [2.45, 2.75) is 0 Å². The number of hydrogen-bond acceptors (Lipinski definition) is 2. The lowest BCUT2D eigenvalue weighted by molar-refractivity contribution is -0.131. The number of nitrogens with zero attached hydrogens (tertiary/aromatic N) is 2. The van der Waals surface area contributed by atoms with Crippen LogP contribution in [0.15, 0.2) is 53.1 Å². The van der Waals surface area contributed by atoms with Crippen LogP contribution in [0.2, 0.25) is 0 Å². The highest BCUT2D eigenvalue weighted by Gasteiger charge is 2.12. The molecule has 0 bridgehead atoms. The molecule has 0 aliphatic heterocycles. The van der Waals surface area contributed by atoms with Crippen LogP contribution < -0.4 is 0 Å². The van der Waals surface area contributed by atoms with Gasteiger partial charge in [-0.3, -0.25) is 4.40 Å². The average Bonchev–Trinajstić information content (AvgIpc) is 2.83. The number of aromatic nitrogens is 2. The zero-order valence-electron chi connectivity index (χ0n) is 11.2. The summed E-state index contributed by atoms with van der Waals surface area (Å²) in [6.07, 6.45) is 4.34. The van der Waals surface area contributed by atoms with E-state index in [4.69, 9.17) is 5.11 Å². The summed E-state index contributed by atoms with van der Waals surface area (Å²) in [7, 11) is 0. The molecule has 4 nitrogen and oxygen atoms in total. The van der Waals surface area contributed by atoms with Crippen LogP contribution in [0, 0.1) is 5.82 Å². The molecule has 0 unspecified atom stereocenters. The molecule has 0 fully saturated rings. The molecule has 110 valence electrons. The lowest BCUT2D eigenvalue weighted by Crippen LogP contribution is -1.91. The van der Waals surface area contributed by atoms with Crippen LogP contribution in [0.4, 0.5) is 4.39 Å². The van der Waals surface area contributed by atoms with Gasteiger partial charge in [0.1, 0.15) is 11.5 Å². The molecule has 0 radical (unpaired) electrons. The van der Waals surface area contributed by atoms with Crippen molar-refractivity contribution in [3.8, 4) is 11.3 Å². The number of aliphatic carboxylic acids is 1. The normalized spacial score (nSPS) is 11.4. The molecular weight excluding hydrogens is 351 g/mol. The molecule has 6 heteroatoms. The van der Waals surface area contributed by atoms with E-state index in [-0.39, 0.29) is 5.82 Å². The summed E-state index contributed by atoms with van der Waals surface area (Å²) in [5, 5.41) is 8.86. The molecule has 2 heterocycles. The summed E-state index contributed by atoms with van der Waals surface area (Å²) < 4.78 is 15.7. The number of carboxylic acids is 1. The quantitative estimate of drug-likeness (QED) is 0.718. The minimum absolute atomic E-state index is 0.335. The van der Waals surface area contributed by atoms with Gasteiger partial charge >= 0.3 is 5.97 Å². The predicted octanol–water partition coefficient (Wildman–Crippen LogP) is 4.00. The van der Waals surface area contributed by atoms with E-state index in [0.717, 1.165) is 10.5 Å². The first-order valence-electron chi connectivity index (χ1n) is 6.39. The highest BCUT2D eigenvalue weighted by Crippen LogP contribution is 2.27. The number of pyridine rings is 1. The van der Waals surface area contributed by atoms with Gasteiger partial charge < -0.3 is 5.11 Å². The second-order valence-electron chi connectivity index (χ2n) is 4.60. The number of carbonyl (C=O) groups is 1. The van der Waals surface area contributed by atoms with Gasteiger partial charge in [-0.25, -0.2) is 14.2 Å². The summed E-state index contributed by atoms with van der Waals surface area (Å²) in [6, 6.07) is 9.59. The van der Waals surface area contributed by atoms with Crippen LogP contribution in [0.3, 0.4) is 0 Å². The first-order valence-corrected chi connectivity index (χ1v) is 7.18. The fraction of sp³-hybridized carbons (Fsp3) is 0. The molecule has 0 saturated carbocycles. The number of hydrogen-bond donors (Lipinski definition) is 1. The Balaban J connectivity index is 2.26. The second-order valence-corrected chi connectivity index (χ2v) is 5.52. The zero-order chi connectivity index (χ0) is 15.7. The van der Waals surface area contributed by atoms with Gasteiger partial charge in [-0.15, -0.1) is 0 Å². The van der Waals surface area contributed by atoms with E-state index in [1.165, 1.54) is 18.2 Å². The maximum Gasteiger partial charge on any atom is 0.328 e. The first-order chi connectivity index (χ1) is 10.5. The molecule has 0 aliphatic carbocycles. The molecule has 0 spiro atoms. The summed E-state index contributed by atoms with van der Waals surface area (Å²) in [4.78, 5) is 15.3. The van der Waals surface area contributed by atoms with Gasteiger partial charge in [-0.1, -0.05) is 0 Å². The zero-order valence-corrected chi connectivity index (χ0v) is 12.8. The molecule has 0 saturated heterocycles. The van der Waals surface area contributed by atoms with Gasteiger partial charge in [0.2, 0.25) is 0 Å². The Morgan fingerprint density at radius 3 is 2.64 bits per heavy atom. The molecule has 22 heavy (non-hydrogen) atoms. The van der Waals surface area contributed by atoms with Gasteiger partial charge in [0.15, 0.2) is 0 Å². The first kappa shape index (κ1) is 14.5. The van der Waals surface area contributed by atoms with E-state index in [0.29, 0.717) is 22.6 Å². The van der Waals surface area contributed by atoms with Crippen molar-refractivity contribution in [1.29, 1.82) is 0 Å². The maximum atomic E-state index is 13.1. The Hall–Kier alpha value is -2.47. The van der Waals surface area contributed by atoms with Crippen LogP contribution in [-0.4, -0.2) is 20.5 Å². The Labute approximate surface area is 133 Å². The standard InChI is InChI=1S/C16H10BrFN2O2/c17-11-3-7-14-19-16(10-1-4-12(18)5-2-10)13(20(14)9-11)6-8-15(21)22/h1-9H,(H,21,22)/b8-6+. The van der Waals surface area contributed by atoms with Gasteiger partial charge in [0, 0.05) is 22.3 Å². The van der Waals surface area contributed by atoms with Crippen LogP contribution in [-0.2, 0) is 4.79 Å². The van der Waals surface area contributed by atoms with Crippen molar-refractivity contribution < 1.29 is 14.3 Å². The Morgan fingerprint density at radius 2 is 1.95 bits per heavy atom. The number of fused-ring (bicyclic) bond motifs is 1. The maximum absolute atomic E-state index is 13.1. The Bertz CT molecular complexity index is 885. The monoisotopic (exact) mass is 360 g/mol. The number of imidazole rings is 1. The molecule has 1 N–H and O–H groups in total. The molecule has 3 aromatic rings. The SMILES string of the molecule is O=C(O)/C=C/c1c(-c2ccc(F)cc2)nc2ccc(Br)cn12. The van der Waals surface area contributed by atoms with E-state index < -0.39 is 5.97 Å². The number of benzene rings is 1. The third kappa shape index (κ3) is 2.78. The van der Waals surface area contributed by atoms with Crippen LogP contribution in [0.25, 0.3) is 23.0 Å². The lowest BCUT2D eigenvalue weighted by atomic mass is 10.1. The van der Waals surface area contributed by atoms with Crippen LogP contribution >= 0.6 is 15.9 Å². The third-order valence-electron chi connectivity index (χ3n) is 3.12.